The monoisotopic (exact) mass is 256 g/mol. The Bertz CT molecular complexity index is 197. The minimum absolute atomic E-state index is 0.530. The number of hydrogen-bond acceptors (Lipinski definition) is 3. The summed E-state index contributed by atoms with van der Waals surface area (Å²) in [7, 11) is 2.21. The van der Waals surface area contributed by atoms with Crippen LogP contribution < -0.4 is 5.32 Å². The quantitative estimate of drug-likeness (QED) is 0.767. The fourth-order valence-corrected chi connectivity index (χ4v) is 1.86. The van der Waals surface area contributed by atoms with Crippen LogP contribution in [-0.2, 0) is 4.79 Å². The van der Waals surface area contributed by atoms with Gasteiger partial charge in [0.2, 0.25) is 0 Å². The molecule has 0 saturated carbocycles. The van der Waals surface area contributed by atoms with Gasteiger partial charge in [0.25, 0.3) is 0 Å². The van der Waals surface area contributed by atoms with Crippen LogP contribution in [0.1, 0.15) is 47.0 Å². The van der Waals surface area contributed by atoms with Crippen molar-refractivity contribution in [2.24, 2.45) is 11.8 Å². The zero-order valence-electron chi connectivity index (χ0n) is 12.9. The van der Waals surface area contributed by atoms with Gasteiger partial charge in [-0.05, 0) is 51.4 Å². The van der Waals surface area contributed by atoms with E-state index in [0.29, 0.717) is 18.4 Å². The van der Waals surface area contributed by atoms with E-state index in [4.69, 9.17) is 0 Å². The number of aldehydes is 1. The molecule has 0 aromatic rings. The van der Waals surface area contributed by atoms with Gasteiger partial charge >= 0.3 is 0 Å². The van der Waals surface area contributed by atoms with Crippen LogP contribution in [0.15, 0.2) is 0 Å². The minimum Gasteiger partial charge on any atom is -0.314 e. The molecule has 0 aromatic heterocycles. The molecule has 0 unspecified atom stereocenters. The molecule has 1 rings (SSSR count). The molecule has 1 aliphatic rings. The van der Waals surface area contributed by atoms with E-state index in [1.807, 2.05) is 13.8 Å². The number of carbonyl (C=O) groups is 1. The first-order chi connectivity index (χ1) is 8.45. The molecule has 1 fully saturated rings. The first-order valence-corrected chi connectivity index (χ1v) is 7.31. The first-order valence-electron chi connectivity index (χ1n) is 7.31. The zero-order chi connectivity index (χ0) is 14.0. The van der Waals surface area contributed by atoms with Gasteiger partial charge in [0.05, 0.1) is 0 Å². The van der Waals surface area contributed by atoms with Crippen molar-refractivity contribution >= 4 is 6.29 Å². The molecule has 1 N–H and O–H groups in total. The summed E-state index contributed by atoms with van der Waals surface area (Å²) in [6.07, 6.45) is 4.39. The van der Waals surface area contributed by atoms with Crippen molar-refractivity contribution in [2.45, 2.75) is 53.0 Å². The van der Waals surface area contributed by atoms with Crippen molar-refractivity contribution in [3.05, 3.63) is 0 Å². The third-order valence-electron chi connectivity index (χ3n) is 3.22. The standard InChI is InChI=1S/C10H22N2.C5H10O/c1-9(2)11-8-10-4-6-12(3)7-5-10;1-5(2)3-4-6/h9-11H,4-8H2,1-3H3;4-5H,3H2,1-2H3. The van der Waals surface area contributed by atoms with Crippen LogP contribution >= 0.6 is 0 Å². The molecule has 0 radical (unpaired) electrons. The molecule has 3 heteroatoms. The molecule has 0 bridgehead atoms. The summed E-state index contributed by atoms with van der Waals surface area (Å²) in [5.41, 5.74) is 0. The first kappa shape index (κ1) is 17.6. The third kappa shape index (κ3) is 10.7. The highest BCUT2D eigenvalue weighted by molar-refractivity contribution is 5.49. The summed E-state index contributed by atoms with van der Waals surface area (Å²) in [5.74, 6) is 1.45. The smallest absolute Gasteiger partial charge is 0.120 e. The van der Waals surface area contributed by atoms with E-state index in [2.05, 4.69) is 31.1 Å². The molecule has 108 valence electrons. The Balaban J connectivity index is 0.000000411. The number of piperidine rings is 1. The number of nitrogens with zero attached hydrogens (tertiary/aromatic N) is 1. The number of rotatable bonds is 5. The summed E-state index contributed by atoms with van der Waals surface area (Å²) in [6.45, 7) is 12.3. The normalized spacial score (nSPS) is 17.7. The molecule has 1 aliphatic heterocycles. The lowest BCUT2D eigenvalue weighted by Crippen LogP contribution is -2.36. The Hall–Kier alpha value is -0.410. The summed E-state index contributed by atoms with van der Waals surface area (Å²) in [6, 6.07) is 0.643. The van der Waals surface area contributed by atoms with Gasteiger partial charge in [0, 0.05) is 12.5 Å². The van der Waals surface area contributed by atoms with Gasteiger partial charge in [0.15, 0.2) is 0 Å². The van der Waals surface area contributed by atoms with E-state index in [-0.39, 0.29) is 0 Å². The van der Waals surface area contributed by atoms with E-state index in [1.165, 1.54) is 32.5 Å². The Morgan fingerprint density at radius 1 is 1.22 bits per heavy atom. The van der Waals surface area contributed by atoms with E-state index >= 15 is 0 Å². The Kier molecular flexibility index (Phi) is 10.3. The van der Waals surface area contributed by atoms with Gasteiger partial charge in [-0.25, -0.2) is 0 Å². The summed E-state index contributed by atoms with van der Waals surface area (Å²) in [4.78, 5) is 12.0. The SMILES string of the molecule is CC(C)CC=O.CC(C)NCC1CCN(C)CC1. The maximum atomic E-state index is 9.62. The van der Waals surface area contributed by atoms with Crippen LogP contribution in [0.2, 0.25) is 0 Å². The number of likely N-dealkylation sites (tertiary alicyclic amines) is 1. The van der Waals surface area contributed by atoms with Crippen molar-refractivity contribution in [3.63, 3.8) is 0 Å². The van der Waals surface area contributed by atoms with Gasteiger partial charge in [-0.3, -0.25) is 0 Å². The highest BCUT2D eigenvalue weighted by atomic mass is 16.1. The Morgan fingerprint density at radius 2 is 1.78 bits per heavy atom. The summed E-state index contributed by atoms with van der Waals surface area (Å²) >= 11 is 0. The van der Waals surface area contributed by atoms with Gasteiger partial charge in [-0.1, -0.05) is 27.7 Å². The molecule has 1 saturated heterocycles. The second-order valence-electron chi connectivity index (χ2n) is 6.11. The molecule has 0 amide bonds. The maximum absolute atomic E-state index is 9.62. The topological polar surface area (TPSA) is 32.3 Å². The van der Waals surface area contributed by atoms with Crippen LogP contribution in [0, 0.1) is 11.8 Å². The molecule has 0 aromatic carbocycles. The van der Waals surface area contributed by atoms with Crippen molar-refractivity contribution in [1.29, 1.82) is 0 Å². The molecule has 0 atom stereocenters. The molecule has 3 nitrogen and oxygen atoms in total. The zero-order valence-corrected chi connectivity index (χ0v) is 12.9. The fourth-order valence-electron chi connectivity index (χ4n) is 1.86. The number of nitrogens with one attached hydrogen (secondary N) is 1. The average molecular weight is 256 g/mol. The number of carbonyl (C=O) groups excluding carboxylic acids is 1. The second-order valence-corrected chi connectivity index (χ2v) is 6.11. The van der Waals surface area contributed by atoms with Crippen molar-refractivity contribution < 1.29 is 4.79 Å². The molecule has 0 spiro atoms. The largest absolute Gasteiger partial charge is 0.314 e. The fraction of sp³-hybridized carbons (Fsp3) is 0.933. The van der Waals surface area contributed by atoms with Crippen LogP contribution in [0.3, 0.4) is 0 Å². The van der Waals surface area contributed by atoms with Gasteiger partial charge < -0.3 is 15.0 Å². The Morgan fingerprint density at radius 3 is 2.11 bits per heavy atom. The van der Waals surface area contributed by atoms with Gasteiger partial charge in [0.1, 0.15) is 6.29 Å². The van der Waals surface area contributed by atoms with Crippen LogP contribution in [0.5, 0.6) is 0 Å². The molecular weight excluding hydrogens is 224 g/mol. The predicted molar refractivity (Wildman–Crippen MR) is 78.9 cm³/mol. The van der Waals surface area contributed by atoms with Gasteiger partial charge in [-0.2, -0.15) is 0 Å². The molecule has 1 heterocycles. The van der Waals surface area contributed by atoms with E-state index in [9.17, 15) is 4.79 Å². The lowest BCUT2D eigenvalue weighted by Gasteiger charge is -2.29. The lowest BCUT2D eigenvalue weighted by molar-refractivity contribution is -0.108. The maximum Gasteiger partial charge on any atom is 0.120 e. The lowest BCUT2D eigenvalue weighted by atomic mass is 9.97. The van der Waals surface area contributed by atoms with Gasteiger partial charge in [-0.15, -0.1) is 0 Å². The minimum atomic E-state index is 0.530. The summed E-state index contributed by atoms with van der Waals surface area (Å²) in [5, 5.41) is 3.51. The molecular formula is C15H32N2O. The predicted octanol–water partition coefficient (Wildman–Crippen LogP) is 2.56. The average Bonchev–Trinajstić information content (AvgIpc) is 2.29. The highest BCUT2D eigenvalue weighted by Crippen LogP contribution is 2.14. The third-order valence-corrected chi connectivity index (χ3v) is 3.22. The molecule has 0 aliphatic carbocycles. The summed E-state index contributed by atoms with van der Waals surface area (Å²) < 4.78 is 0. The van der Waals surface area contributed by atoms with E-state index in [0.717, 1.165) is 12.2 Å². The van der Waals surface area contributed by atoms with Crippen molar-refractivity contribution in [3.8, 4) is 0 Å². The second kappa shape index (κ2) is 10.5. The van der Waals surface area contributed by atoms with Crippen LogP contribution in [0.25, 0.3) is 0 Å². The van der Waals surface area contributed by atoms with E-state index in [1.54, 1.807) is 0 Å². The molecule has 18 heavy (non-hydrogen) atoms. The Labute approximate surface area is 113 Å². The highest BCUT2D eigenvalue weighted by Gasteiger charge is 2.15. The van der Waals surface area contributed by atoms with Crippen molar-refractivity contribution in [1.82, 2.24) is 10.2 Å². The van der Waals surface area contributed by atoms with Crippen molar-refractivity contribution in [2.75, 3.05) is 26.7 Å². The number of hydrogen-bond donors (Lipinski definition) is 1. The van der Waals surface area contributed by atoms with E-state index < -0.39 is 0 Å². The van der Waals surface area contributed by atoms with Crippen LogP contribution in [-0.4, -0.2) is 43.9 Å². The van der Waals surface area contributed by atoms with Crippen LogP contribution in [0.4, 0.5) is 0 Å².